The Morgan fingerprint density at radius 3 is 2.37 bits per heavy atom. The van der Waals surface area contributed by atoms with E-state index in [2.05, 4.69) is 0 Å². The largest absolute Gasteiger partial charge is 0.451 e. The van der Waals surface area contributed by atoms with Crippen molar-refractivity contribution in [1.82, 2.24) is 4.90 Å². The molecule has 6 atom stereocenters. The molecule has 1 aromatic rings. The van der Waals surface area contributed by atoms with Crippen LogP contribution in [0.25, 0.3) is 0 Å². The van der Waals surface area contributed by atoms with Crippen molar-refractivity contribution in [3.8, 4) is 0 Å². The maximum absolute atomic E-state index is 13.1. The maximum Gasteiger partial charge on any atom is 0.338 e. The van der Waals surface area contributed by atoms with Gasteiger partial charge in [0.2, 0.25) is 5.91 Å². The molecular formula is C25H29NO9. The summed E-state index contributed by atoms with van der Waals surface area (Å²) in [6, 6.07) is 8.50. The van der Waals surface area contributed by atoms with E-state index in [4.69, 9.17) is 28.4 Å². The van der Waals surface area contributed by atoms with Crippen LogP contribution < -0.4 is 0 Å². The average molecular weight is 488 g/mol. The fourth-order valence-electron chi connectivity index (χ4n) is 4.84. The Labute approximate surface area is 203 Å². The Bertz CT molecular complexity index is 1040. The molecule has 4 unspecified atom stereocenters. The summed E-state index contributed by atoms with van der Waals surface area (Å²) in [4.78, 5) is 39.2. The molecule has 0 aromatic heterocycles. The van der Waals surface area contributed by atoms with Gasteiger partial charge in [-0.15, -0.1) is 0 Å². The number of hydrogen-bond donors (Lipinski definition) is 0. The van der Waals surface area contributed by atoms with E-state index < -0.39 is 60.2 Å². The highest BCUT2D eigenvalue weighted by Gasteiger charge is 2.60. The van der Waals surface area contributed by atoms with Crippen molar-refractivity contribution in [3.63, 3.8) is 0 Å². The highest BCUT2D eigenvalue weighted by atomic mass is 16.8. The fourth-order valence-corrected chi connectivity index (χ4v) is 4.84. The summed E-state index contributed by atoms with van der Waals surface area (Å²) in [6.45, 7) is 7.26. The summed E-state index contributed by atoms with van der Waals surface area (Å²) in [7, 11) is 0. The van der Waals surface area contributed by atoms with Gasteiger partial charge in [0.1, 0.15) is 24.4 Å². The third-order valence-corrected chi connectivity index (χ3v) is 6.35. The number of amides is 1. The monoisotopic (exact) mass is 487 g/mol. The van der Waals surface area contributed by atoms with Gasteiger partial charge in [0.05, 0.1) is 18.6 Å². The molecule has 0 bridgehead atoms. The minimum Gasteiger partial charge on any atom is -0.451 e. The number of hydrogen-bond acceptors (Lipinski definition) is 9. The van der Waals surface area contributed by atoms with Gasteiger partial charge < -0.3 is 28.4 Å². The Kier molecular flexibility index (Phi) is 6.05. The number of ether oxygens (including phenoxy) is 6. The molecule has 4 heterocycles. The summed E-state index contributed by atoms with van der Waals surface area (Å²) >= 11 is 0. The number of esters is 1. The van der Waals surface area contributed by atoms with E-state index in [0.717, 1.165) is 0 Å². The van der Waals surface area contributed by atoms with Crippen LogP contribution >= 0.6 is 0 Å². The zero-order chi connectivity index (χ0) is 25.0. The van der Waals surface area contributed by atoms with Crippen LogP contribution in [-0.4, -0.2) is 77.5 Å². The van der Waals surface area contributed by atoms with Crippen LogP contribution in [0.5, 0.6) is 0 Å². The molecule has 4 aliphatic rings. The van der Waals surface area contributed by atoms with Crippen molar-refractivity contribution in [3.05, 3.63) is 48.2 Å². The second-order valence-corrected chi connectivity index (χ2v) is 9.92. The van der Waals surface area contributed by atoms with Gasteiger partial charge in [-0.1, -0.05) is 18.2 Å². The SMILES string of the molecule is CC1(C)OCC2OC(N3C=CC(=O)CC3=O)C(OC(=O)c3ccccc3)[C@H]3OC(C)(C)OC3[C@@H]2O1. The third kappa shape index (κ3) is 4.76. The molecular weight excluding hydrogens is 458 g/mol. The third-order valence-electron chi connectivity index (χ3n) is 6.35. The second kappa shape index (κ2) is 8.79. The zero-order valence-corrected chi connectivity index (χ0v) is 20.0. The quantitative estimate of drug-likeness (QED) is 0.466. The Hall–Kier alpha value is -2.63. The van der Waals surface area contributed by atoms with Gasteiger partial charge in [0.25, 0.3) is 0 Å². The van der Waals surface area contributed by atoms with Crippen LogP contribution in [0.1, 0.15) is 44.5 Å². The predicted octanol–water partition coefficient (Wildman–Crippen LogP) is 1.92. The number of fused-ring (bicyclic) bond motifs is 3. The first-order chi connectivity index (χ1) is 16.5. The topological polar surface area (TPSA) is 110 Å². The number of ketones is 1. The molecule has 10 nitrogen and oxygen atoms in total. The summed E-state index contributed by atoms with van der Waals surface area (Å²) in [6.07, 6.45) is -2.65. The number of carbonyl (C=O) groups is 3. The van der Waals surface area contributed by atoms with E-state index >= 15 is 0 Å². The number of allylic oxidation sites excluding steroid dienone is 1. The van der Waals surface area contributed by atoms with Gasteiger partial charge in [-0.3, -0.25) is 14.5 Å². The van der Waals surface area contributed by atoms with Crippen molar-refractivity contribution in [2.45, 2.75) is 82.4 Å². The molecule has 188 valence electrons. The van der Waals surface area contributed by atoms with Crippen LogP contribution in [0.3, 0.4) is 0 Å². The number of benzene rings is 1. The normalized spacial score (nSPS) is 35.7. The predicted molar refractivity (Wildman–Crippen MR) is 119 cm³/mol. The van der Waals surface area contributed by atoms with E-state index in [1.165, 1.54) is 17.2 Å². The minimum absolute atomic E-state index is 0.158. The van der Waals surface area contributed by atoms with Gasteiger partial charge in [-0.05, 0) is 45.9 Å². The van der Waals surface area contributed by atoms with Crippen LogP contribution in [0.2, 0.25) is 0 Å². The summed E-state index contributed by atoms with van der Waals surface area (Å²) in [5.74, 6) is -3.32. The molecule has 0 spiro atoms. The molecule has 0 N–H and O–H groups in total. The van der Waals surface area contributed by atoms with E-state index in [-0.39, 0.29) is 18.8 Å². The lowest BCUT2D eigenvalue weighted by Crippen LogP contribution is -2.56. The molecule has 3 fully saturated rings. The minimum atomic E-state index is -1.10. The molecule has 0 radical (unpaired) electrons. The smallest absolute Gasteiger partial charge is 0.338 e. The van der Waals surface area contributed by atoms with Crippen LogP contribution in [0.4, 0.5) is 0 Å². The van der Waals surface area contributed by atoms with Gasteiger partial charge >= 0.3 is 5.97 Å². The van der Waals surface area contributed by atoms with E-state index in [1.54, 1.807) is 58.0 Å². The Morgan fingerprint density at radius 1 is 0.971 bits per heavy atom. The Balaban J connectivity index is 1.56. The molecule has 5 rings (SSSR count). The fraction of sp³-hybridized carbons (Fsp3) is 0.560. The second-order valence-electron chi connectivity index (χ2n) is 9.92. The first-order valence-electron chi connectivity index (χ1n) is 11.6. The van der Waals surface area contributed by atoms with Gasteiger partial charge in [0.15, 0.2) is 29.7 Å². The van der Waals surface area contributed by atoms with Crippen LogP contribution in [0, 0.1) is 0 Å². The van der Waals surface area contributed by atoms with Gasteiger partial charge in [-0.25, -0.2) is 4.79 Å². The van der Waals surface area contributed by atoms with Crippen molar-refractivity contribution >= 4 is 17.7 Å². The molecule has 3 saturated heterocycles. The molecule has 10 heteroatoms. The van der Waals surface area contributed by atoms with Crippen molar-refractivity contribution in [2.75, 3.05) is 6.61 Å². The van der Waals surface area contributed by atoms with E-state index in [0.29, 0.717) is 5.56 Å². The standard InChI is InChI=1S/C25H29NO9/c1-24(2)30-13-16-18(33-24)19-20(35-25(3,4)34-19)21(32-23(29)14-8-6-5-7-9-14)22(31-16)26-11-10-15(27)12-17(26)28/h5-11,16,18-22H,12-13H2,1-4H3/t16?,18-,19?,20+,21?,22?/m1/s1. The first kappa shape index (κ1) is 24.1. The van der Waals surface area contributed by atoms with E-state index in [9.17, 15) is 14.4 Å². The lowest BCUT2D eigenvalue weighted by Gasteiger charge is -2.43. The summed E-state index contributed by atoms with van der Waals surface area (Å²) in [5, 5.41) is 0. The van der Waals surface area contributed by atoms with Crippen LogP contribution in [0.15, 0.2) is 42.6 Å². The number of nitrogens with zero attached hydrogens (tertiary/aromatic N) is 1. The van der Waals surface area contributed by atoms with Crippen molar-refractivity contribution < 1.29 is 42.8 Å². The van der Waals surface area contributed by atoms with Crippen LogP contribution in [-0.2, 0) is 38.0 Å². The molecule has 4 aliphatic heterocycles. The Morgan fingerprint density at radius 2 is 1.66 bits per heavy atom. The zero-order valence-electron chi connectivity index (χ0n) is 20.0. The van der Waals surface area contributed by atoms with Crippen molar-refractivity contribution in [2.24, 2.45) is 0 Å². The summed E-state index contributed by atoms with van der Waals surface area (Å²) < 4.78 is 36.9. The highest BCUT2D eigenvalue weighted by molar-refractivity contribution is 6.06. The number of carbonyl (C=O) groups excluding carboxylic acids is 3. The van der Waals surface area contributed by atoms with E-state index in [1.807, 2.05) is 0 Å². The van der Waals surface area contributed by atoms with Gasteiger partial charge in [0, 0.05) is 6.20 Å². The molecule has 1 amide bonds. The lowest BCUT2D eigenvalue weighted by atomic mass is 9.98. The molecule has 0 saturated carbocycles. The van der Waals surface area contributed by atoms with Gasteiger partial charge in [-0.2, -0.15) is 0 Å². The average Bonchev–Trinajstić information content (AvgIpc) is 3.07. The lowest BCUT2D eigenvalue weighted by molar-refractivity contribution is -0.332. The number of rotatable bonds is 3. The molecule has 0 aliphatic carbocycles. The van der Waals surface area contributed by atoms with Crippen molar-refractivity contribution in [1.29, 1.82) is 0 Å². The molecule has 1 aromatic carbocycles. The maximum atomic E-state index is 13.1. The molecule has 35 heavy (non-hydrogen) atoms. The summed E-state index contributed by atoms with van der Waals surface area (Å²) in [5.41, 5.74) is 0.332. The first-order valence-corrected chi connectivity index (χ1v) is 11.6. The highest BCUT2D eigenvalue weighted by Crippen LogP contribution is 2.42.